The van der Waals surface area contributed by atoms with E-state index in [0.717, 1.165) is 37.8 Å². The third-order valence-corrected chi connectivity index (χ3v) is 3.92. The number of carbonyl (C=O) groups is 1. The molecule has 1 aromatic rings. The Morgan fingerprint density at radius 2 is 1.79 bits per heavy atom. The van der Waals surface area contributed by atoms with Gasteiger partial charge in [0.2, 0.25) is 0 Å². The molecule has 0 aliphatic heterocycles. The Bertz CT molecular complexity index is 485. The van der Waals surface area contributed by atoms with Crippen LogP contribution < -0.4 is 5.32 Å². The molecule has 1 fully saturated rings. The van der Waals surface area contributed by atoms with Gasteiger partial charge >= 0.3 is 0 Å². The maximum atomic E-state index is 13.1. The van der Waals surface area contributed by atoms with Gasteiger partial charge in [0.1, 0.15) is 0 Å². The molecule has 1 aliphatic carbocycles. The average molecular weight is 288 g/mol. The first-order valence-electron chi connectivity index (χ1n) is 6.42. The fraction of sp³-hybridized carbons (Fsp3) is 0.500. The second kappa shape index (κ2) is 5.87. The monoisotopic (exact) mass is 287 g/mol. The molecule has 1 aliphatic rings. The van der Waals surface area contributed by atoms with Crippen LogP contribution in [0, 0.1) is 17.6 Å². The number of benzene rings is 1. The van der Waals surface area contributed by atoms with Gasteiger partial charge in [-0.1, -0.05) is 18.5 Å². The van der Waals surface area contributed by atoms with Crippen LogP contribution in [-0.2, 0) is 0 Å². The van der Waals surface area contributed by atoms with E-state index in [2.05, 4.69) is 12.2 Å². The summed E-state index contributed by atoms with van der Waals surface area (Å²) in [6, 6.07) is 1.76. The van der Waals surface area contributed by atoms with Gasteiger partial charge in [-0.05, 0) is 43.7 Å². The molecule has 0 aromatic heterocycles. The van der Waals surface area contributed by atoms with Crippen molar-refractivity contribution in [2.24, 2.45) is 5.92 Å². The fourth-order valence-corrected chi connectivity index (χ4v) is 2.60. The highest BCUT2D eigenvalue weighted by Crippen LogP contribution is 2.25. The van der Waals surface area contributed by atoms with Gasteiger partial charge in [0, 0.05) is 6.04 Å². The molecule has 0 radical (unpaired) electrons. The summed E-state index contributed by atoms with van der Waals surface area (Å²) < 4.78 is 26.1. The van der Waals surface area contributed by atoms with Crippen molar-refractivity contribution in [3.05, 3.63) is 34.4 Å². The first-order valence-corrected chi connectivity index (χ1v) is 6.80. The summed E-state index contributed by atoms with van der Waals surface area (Å²) in [4.78, 5) is 12.0. The summed E-state index contributed by atoms with van der Waals surface area (Å²) in [7, 11) is 0. The summed E-state index contributed by atoms with van der Waals surface area (Å²) in [5, 5.41) is 2.76. The standard InChI is InChI=1S/C14H16ClF2NO/c1-8-2-4-9(5-3-8)18-14(19)10-6-12(16)13(17)7-11(10)15/h6-9H,2-5H2,1H3,(H,18,19). The van der Waals surface area contributed by atoms with Gasteiger partial charge in [-0.2, -0.15) is 0 Å². The molecule has 1 amide bonds. The summed E-state index contributed by atoms with van der Waals surface area (Å²) in [5.41, 5.74) is -0.0146. The molecule has 104 valence electrons. The lowest BCUT2D eigenvalue weighted by Gasteiger charge is -2.27. The molecule has 2 rings (SSSR count). The molecule has 1 N–H and O–H groups in total. The minimum atomic E-state index is -1.06. The highest BCUT2D eigenvalue weighted by atomic mass is 35.5. The van der Waals surface area contributed by atoms with Gasteiger partial charge in [-0.15, -0.1) is 0 Å². The van der Waals surface area contributed by atoms with Crippen LogP contribution in [0.25, 0.3) is 0 Å². The Balaban J connectivity index is 2.06. The van der Waals surface area contributed by atoms with E-state index in [-0.39, 0.29) is 16.6 Å². The minimum Gasteiger partial charge on any atom is -0.349 e. The maximum absolute atomic E-state index is 13.1. The lowest BCUT2D eigenvalue weighted by molar-refractivity contribution is 0.0922. The number of hydrogen-bond donors (Lipinski definition) is 1. The van der Waals surface area contributed by atoms with Crippen LogP contribution in [0.15, 0.2) is 12.1 Å². The Hall–Kier alpha value is -1.16. The zero-order chi connectivity index (χ0) is 14.0. The van der Waals surface area contributed by atoms with Crippen LogP contribution in [0.5, 0.6) is 0 Å². The molecule has 0 spiro atoms. The van der Waals surface area contributed by atoms with Crippen molar-refractivity contribution in [1.82, 2.24) is 5.32 Å². The first-order chi connectivity index (χ1) is 8.97. The van der Waals surface area contributed by atoms with Crippen molar-refractivity contribution >= 4 is 17.5 Å². The van der Waals surface area contributed by atoms with Gasteiger partial charge in [-0.3, -0.25) is 4.79 Å². The van der Waals surface area contributed by atoms with Crippen LogP contribution in [0.2, 0.25) is 5.02 Å². The van der Waals surface area contributed by atoms with Gasteiger partial charge in [0.25, 0.3) is 5.91 Å². The van der Waals surface area contributed by atoms with E-state index in [1.807, 2.05) is 0 Å². The summed E-state index contributed by atoms with van der Waals surface area (Å²) in [5.74, 6) is -1.87. The Morgan fingerprint density at radius 3 is 2.42 bits per heavy atom. The quantitative estimate of drug-likeness (QED) is 0.821. The predicted molar refractivity (Wildman–Crippen MR) is 70.3 cm³/mol. The number of halogens is 3. The molecule has 5 heteroatoms. The summed E-state index contributed by atoms with van der Waals surface area (Å²) in [6.07, 6.45) is 3.95. The molecular weight excluding hydrogens is 272 g/mol. The zero-order valence-corrected chi connectivity index (χ0v) is 11.4. The van der Waals surface area contributed by atoms with Gasteiger partial charge in [-0.25, -0.2) is 8.78 Å². The number of amides is 1. The third kappa shape index (κ3) is 3.44. The molecule has 0 bridgehead atoms. The van der Waals surface area contributed by atoms with Gasteiger partial charge in [0.05, 0.1) is 10.6 Å². The smallest absolute Gasteiger partial charge is 0.253 e. The van der Waals surface area contributed by atoms with Gasteiger partial charge < -0.3 is 5.32 Å². The molecule has 19 heavy (non-hydrogen) atoms. The van der Waals surface area contributed by atoms with Crippen LogP contribution in [0.3, 0.4) is 0 Å². The van der Waals surface area contributed by atoms with Crippen LogP contribution >= 0.6 is 11.6 Å². The molecule has 0 heterocycles. The van der Waals surface area contributed by atoms with Crippen LogP contribution in [0.4, 0.5) is 8.78 Å². The Kier molecular flexibility index (Phi) is 4.40. The van der Waals surface area contributed by atoms with Crippen molar-refractivity contribution in [3.8, 4) is 0 Å². The maximum Gasteiger partial charge on any atom is 0.253 e. The summed E-state index contributed by atoms with van der Waals surface area (Å²) >= 11 is 5.77. The lowest BCUT2D eigenvalue weighted by Crippen LogP contribution is -2.37. The predicted octanol–water partition coefficient (Wildman–Crippen LogP) is 3.93. The number of nitrogens with one attached hydrogen (secondary N) is 1. The molecule has 0 unspecified atom stereocenters. The van der Waals surface area contributed by atoms with Gasteiger partial charge in [0.15, 0.2) is 11.6 Å². The van der Waals surface area contributed by atoms with E-state index in [0.29, 0.717) is 5.92 Å². The van der Waals surface area contributed by atoms with Crippen molar-refractivity contribution in [2.75, 3.05) is 0 Å². The molecule has 0 saturated heterocycles. The van der Waals surface area contributed by atoms with E-state index >= 15 is 0 Å². The number of carbonyl (C=O) groups excluding carboxylic acids is 1. The Morgan fingerprint density at radius 1 is 1.21 bits per heavy atom. The largest absolute Gasteiger partial charge is 0.349 e. The first kappa shape index (κ1) is 14.3. The number of rotatable bonds is 2. The van der Waals surface area contributed by atoms with E-state index in [1.165, 1.54) is 0 Å². The van der Waals surface area contributed by atoms with E-state index in [9.17, 15) is 13.6 Å². The van der Waals surface area contributed by atoms with E-state index in [1.54, 1.807) is 0 Å². The second-order valence-electron chi connectivity index (χ2n) is 5.18. The molecule has 0 atom stereocenters. The SMILES string of the molecule is CC1CCC(NC(=O)c2cc(F)c(F)cc2Cl)CC1. The topological polar surface area (TPSA) is 29.1 Å². The third-order valence-electron chi connectivity index (χ3n) is 3.61. The molecule has 2 nitrogen and oxygen atoms in total. The van der Waals surface area contributed by atoms with Crippen molar-refractivity contribution in [3.63, 3.8) is 0 Å². The van der Waals surface area contributed by atoms with E-state index < -0.39 is 17.5 Å². The minimum absolute atomic E-state index is 0.0146. The number of hydrogen-bond acceptors (Lipinski definition) is 1. The molecular formula is C14H16ClF2NO. The Labute approximate surface area is 116 Å². The lowest BCUT2D eigenvalue weighted by atomic mass is 9.87. The average Bonchev–Trinajstić information content (AvgIpc) is 2.36. The molecule has 1 saturated carbocycles. The normalized spacial score (nSPS) is 23.2. The fourth-order valence-electron chi connectivity index (χ4n) is 2.36. The highest BCUT2D eigenvalue weighted by molar-refractivity contribution is 6.33. The molecule has 1 aromatic carbocycles. The zero-order valence-electron chi connectivity index (χ0n) is 10.7. The van der Waals surface area contributed by atoms with Crippen LogP contribution in [0.1, 0.15) is 43.0 Å². The highest BCUT2D eigenvalue weighted by Gasteiger charge is 2.22. The summed E-state index contributed by atoms with van der Waals surface area (Å²) in [6.45, 7) is 2.18. The van der Waals surface area contributed by atoms with Crippen molar-refractivity contribution < 1.29 is 13.6 Å². The second-order valence-corrected chi connectivity index (χ2v) is 5.58. The van der Waals surface area contributed by atoms with Crippen molar-refractivity contribution in [2.45, 2.75) is 38.6 Å². The van der Waals surface area contributed by atoms with Crippen molar-refractivity contribution in [1.29, 1.82) is 0 Å². The van der Waals surface area contributed by atoms with Crippen LogP contribution in [-0.4, -0.2) is 11.9 Å². The van der Waals surface area contributed by atoms with E-state index in [4.69, 9.17) is 11.6 Å².